The van der Waals surface area contributed by atoms with E-state index < -0.39 is 0 Å². The van der Waals surface area contributed by atoms with Gasteiger partial charge in [0.15, 0.2) is 0 Å². The zero-order valence-electron chi connectivity index (χ0n) is 9.33. The maximum Gasteiger partial charge on any atom is 0.312 e. The van der Waals surface area contributed by atoms with Crippen LogP contribution in [0.4, 0.5) is 0 Å². The van der Waals surface area contributed by atoms with E-state index in [0.29, 0.717) is 6.61 Å². The Labute approximate surface area is 101 Å². The molecule has 1 aromatic rings. The highest BCUT2D eigenvalue weighted by Gasteiger charge is 2.50. The zero-order chi connectivity index (χ0) is 11.6. The minimum Gasteiger partial charge on any atom is -0.466 e. The van der Waals surface area contributed by atoms with Gasteiger partial charge in [-0.15, -0.1) is 0 Å². The van der Waals surface area contributed by atoms with E-state index in [1.165, 1.54) is 0 Å². The van der Waals surface area contributed by atoms with E-state index in [1.54, 1.807) is 0 Å². The Hall–Kier alpha value is -1.02. The number of halogens is 1. The van der Waals surface area contributed by atoms with Crippen molar-refractivity contribution in [2.45, 2.75) is 26.2 Å². The van der Waals surface area contributed by atoms with Crippen LogP contribution in [-0.4, -0.2) is 12.6 Å². The van der Waals surface area contributed by atoms with Crippen LogP contribution in [0.25, 0.3) is 0 Å². The number of benzene rings is 1. The Morgan fingerprint density at radius 2 is 2.00 bits per heavy atom. The van der Waals surface area contributed by atoms with Gasteiger partial charge < -0.3 is 4.74 Å². The van der Waals surface area contributed by atoms with Gasteiger partial charge in [0.25, 0.3) is 0 Å². The molecule has 0 bridgehead atoms. The Morgan fingerprint density at radius 1 is 1.38 bits per heavy atom. The van der Waals surface area contributed by atoms with Crippen LogP contribution in [0.15, 0.2) is 24.3 Å². The SMILES string of the molecule is CCOC(=O)C1(Cc2ccc(Cl)cc2)CC1. The third-order valence-electron chi connectivity index (χ3n) is 3.02. The topological polar surface area (TPSA) is 26.3 Å². The summed E-state index contributed by atoms with van der Waals surface area (Å²) in [5, 5.41) is 0.727. The molecule has 0 atom stereocenters. The van der Waals surface area contributed by atoms with Gasteiger partial charge >= 0.3 is 5.97 Å². The Balaban J connectivity index is 2.04. The van der Waals surface area contributed by atoms with Crippen molar-refractivity contribution in [1.29, 1.82) is 0 Å². The minimum atomic E-state index is -0.246. The van der Waals surface area contributed by atoms with Gasteiger partial charge in [0.05, 0.1) is 12.0 Å². The molecule has 2 rings (SSSR count). The highest BCUT2D eigenvalue weighted by Crippen LogP contribution is 2.49. The standard InChI is InChI=1S/C13H15ClO2/c1-2-16-12(15)13(7-8-13)9-10-3-5-11(14)6-4-10/h3-6H,2,7-9H2,1H3. The predicted molar refractivity (Wildman–Crippen MR) is 63.5 cm³/mol. The summed E-state index contributed by atoms with van der Waals surface area (Å²) in [6.07, 6.45) is 2.64. The lowest BCUT2D eigenvalue weighted by atomic mass is 9.97. The number of carbonyl (C=O) groups is 1. The van der Waals surface area contributed by atoms with Crippen LogP contribution in [0.5, 0.6) is 0 Å². The average Bonchev–Trinajstić information content (AvgIpc) is 3.03. The first-order valence-electron chi connectivity index (χ1n) is 5.58. The largest absolute Gasteiger partial charge is 0.466 e. The summed E-state index contributed by atoms with van der Waals surface area (Å²) < 4.78 is 5.10. The van der Waals surface area contributed by atoms with Crippen LogP contribution >= 0.6 is 11.6 Å². The summed E-state index contributed by atoms with van der Waals surface area (Å²) in [6, 6.07) is 7.67. The molecule has 0 heterocycles. The molecule has 0 unspecified atom stereocenters. The maximum atomic E-state index is 11.8. The highest BCUT2D eigenvalue weighted by atomic mass is 35.5. The smallest absolute Gasteiger partial charge is 0.312 e. The predicted octanol–water partition coefficient (Wildman–Crippen LogP) is 3.23. The lowest BCUT2D eigenvalue weighted by Gasteiger charge is -2.13. The van der Waals surface area contributed by atoms with Gasteiger partial charge in [-0.25, -0.2) is 0 Å². The Kier molecular flexibility index (Phi) is 3.20. The molecule has 1 aliphatic carbocycles. The molecule has 0 amide bonds. The zero-order valence-corrected chi connectivity index (χ0v) is 10.1. The molecule has 86 valence electrons. The summed E-state index contributed by atoms with van der Waals surface area (Å²) >= 11 is 5.82. The monoisotopic (exact) mass is 238 g/mol. The molecule has 0 aromatic heterocycles. The molecule has 1 fully saturated rings. The fourth-order valence-corrected chi connectivity index (χ4v) is 2.01. The summed E-state index contributed by atoms with van der Waals surface area (Å²) in [7, 11) is 0. The Morgan fingerprint density at radius 3 is 2.50 bits per heavy atom. The number of rotatable bonds is 4. The van der Waals surface area contributed by atoms with E-state index in [0.717, 1.165) is 29.8 Å². The van der Waals surface area contributed by atoms with Gasteiger partial charge in [0.2, 0.25) is 0 Å². The molecule has 0 aliphatic heterocycles. The minimum absolute atomic E-state index is 0.0510. The van der Waals surface area contributed by atoms with Crippen LogP contribution in [0.3, 0.4) is 0 Å². The number of hydrogen-bond donors (Lipinski definition) is 0. The van der Waals surface area contributed by atoms with Gasteiger partial charge in [0, 0.05) is 5.02 Å². The van der Waals surface area contributed by atoms with Crippen molar-refractivity contribution in [1.82, 2.24) is 0 Å². The summed E-state index contributed by atoms with van der Waals surface area (Å²) in [5.74, 6) is -0.0510. The lowest BCUT2D eigenvalue weighted by molar-refractivity contribution is -0.149. The first kappa shape index (κ1) is 11.5. The number of hydrogen-bond acceptors (Lipinski definition) is 2. The van der Waals surface area contributed by atoms with E-state index >= 15 is 0 Å². The van der Waals surface area contributed by atoms with Gasteiger partial charge in [-0.1, -0.05) is 23.7 Å². The number of esters is 1. The lowest BCUT2D eigenvalue weighted by Crippen LogP contribution is -2.21. The third-order valence-corrected chi connectivity index (χ3v) is 3.27. The second-order valence-electron chi connectivity index (χ2n) is 4.30. The molecule has 0 saturated heterocycles. The average molecular weight is 239 g/mol. The quantitative estimate of drug-likeness (QED) is 0.753. The molecule has 1 saturated carbocycles. The molecule has 3 heteroatoms. The van der Waals surface area contributed by atoms with Crippen LogP contribution in [0.1, 0.15) is 25.3 Å². The van der Waals surface area contributed by atoms with Crippen molar-refractivity contribution in [2.75, 3.05) is 6.61 Å². The normalized spacial score (nSPS) is 16.9. The second-order valence-corrected chi connectivity index (χ2v) is 4.74. The molecule has 1 aromatic carbocycles. The molecule has 0 radical (unpaired) electrons. The Bertz CT molecular complexity index is 379. The van der Waals surface area contributed by atoms with E-state index in [2.05, 4.69) is 0 Å². The van der Waals surface area contributed by atoms with Gasteiger partial charge in [-0.05, 0) is 43.9 Å². The van der Waals surface area contributed by atoms with Crippen LogP contribution < -0.4 is 0 Å². The first-order valence-corrected chi connectivity index (χ1v) is 5.96. The summed E-state index contributed by atoms with van der Waals surface area (Å²) in [4.78, 5) is 11.8. The van der Waals surface area contributed by atoms with Crippen molar-refractivity contribution in [2.24, 2.45) is 5.41 Å². The summed E-state index contributed by atoms with van der Waals surface area (Å²) in [6.45, 7) is 2.30. The van der Waals surface area contributed by atoms with Crippen LogP contribution in [0, 0.1) is 5.41 Å². The summed E-state index contributed by atoms with van der Waals surface area (Å²) in [5.41, 5.74) is 0.902. The van der Waals surface area contributed by atoms with E-state index in [-0.39, 0.29) is 11.4 Å². The van der Waals surface area contributed by atoms with Crippen molar-refractivity contribution >= 4 is 17.6 Å². The fraction of sp³-hybridized carbons (Fsp3) is 0.462. The molecule has 16 heavy (non-hydrogen) atoms. The first-order chi connectivity index (χ1) is 7.66. The second kappa shape index (κ2) is 4.46. The van der Waals surface area contributed by atoms with E-state index in [9.17, 15) is 4.79 Å². The van der Waals surface area contributed by atoms with Crippen LogP contribution in [0.2, 0.25) is 5.02 Å². The van der Waals surface area contributed by atoms with Gasteiger partial charge in [-0.3, -0.25) is 4.79 Å². The molecule has 0 N–H and O–H groups in total. The molecule has 0 spiro atoms. The van der Waals surface area contributed by atoms with E-state index in [1.807, 2.05) is 31.2 Å². The van der Waals surface area contributed by atoms with E-state index in [4.69, 9.17) is 16.3 Å². The van der Waals surface area contributed by atoms with Crippen molar-refractivity contribution in [3.8, 4) is 0 Å². The van der Waals surface area contributed by atoms with Crippen molar-refractivity contribution in [3.63, 3.8) is 0 Å². The van der Waals surface area contributed by atoms with Gasteiger partial charge in [0.1, 0.15) is 0 Å². The van der Waals surface area contributed by atoms with Crippen molar-refractivity contribution in [3.05, 3.63) is 34.9 Å². The molecule has 2 nitrogen and oxygen atoms in total. The molecular weight excluding hydrogens is 224 g/mol. The fourth-order valence-electron chi connectivity index (χ4n) is 1.88. The number of ether oxygens (including phenoxy) is 1. The van der Waals surface area contributed by atoms with Crippen molar-refractivity contribution < 1.29 is 9.53 Å². The molecular formula is C13H15ClO2. The highest BCUT2D eigenvalue weighted by molar-refractivity contribution is 6.30. The van der Waals surface area contributed by atoms with Gasteiger partial charge in [-0.2, -0.15) is 0 Å². The maximum absolute atomic E-state index is 11.8. The number of carbonyl (C=O) groups excluding carboxylic acids is 1. The van der Waals surface area contributed by atoms with Crippen LogP contribution in [-0.2, 0) is 16.0 Å². The molecule has 1 aliphatic rings. The third kappa shape index (κ3) is 2.38.